The van der Waals surface area contributed by atoms with E-state index < -0.39 is 0 Å². The molecule has 0 aromatic heterocycles. The lowest BCUT2D eigenvalue weighted by molar-refractivity contribution is -0.120. The molecule has 2 aromatic rings. The van der Waals surface area contributed by atoms with Crippen molar-refractivity contribution in [3.05, 3.63) is 71.7 Å². The first-order chi connectivity index (χ1) is 13.1. The third-order valence-electron chi connectivity index (χ3n) is 5.18. The Balaban J connectivity index is 1.83. The van der Waals surface area contributed by atoms with Crippen LogP contribution < -0.4 is 4.90 Å². The molecule has 5 heteroatoms. The fourth-order valence-electron chi connectivity index (χ4n) is 3.89. The van der Waals surface area contributed by atoms with Crippen molar-refractivity contribution in [1.82, 2.24) is 4.90 Å². The smallest absolute Gasteiger partial charge is 0.282 e. The molecule has 0 bridgehead atoms. The van der Waals surface area contributed by atoms with Crippen LogP contribution in [0.4, 0.5) is 10.1 Å². The van der Waals surface area contributed by atoms with Gasteiger partial charge in [0.1, 0.15) is 11.5 Å². The van der Waals surface area contributed by atoms with Crippen molar-refractivity contribution in [3.63, 3.8) is 0 Å². The lowest BCUT2D eigenvalue weighted by Crippen LogP contribution is -2.39. The molecule has 0 spiro atoms. The van der Waals surface area contributed by atoms with Gasteiger partial charge in [0.25, 0.3) is 11.8 Å². The van der Waals surface area contributed by atoms with E-state index in [0.717, 1.165) is 25.9 Å². The lowest BCUT2D eigenvalue weighted by atomic mass is 9.98. The van der Waals surface area contributed by atoms with Crippen LogP contribution in [0.15, 0.2) is 60.3 Å². The number of nitrogens with zero attached hydrogens (tertiary/aromatic N) is 2. The Hall–Kier alpha value is -2.95. The highest BCUT2D eigenvalue weighted by atomic mass is 19.1. The van der Waals surface area contributed by atoms with Crippen LogP contribution in [0, 0.1) is 11.7 Å². The Labute approximate surface area is 157 Å². The van der Waals surface area contributed by atoms with Crippen molar-refractivity contribution < 1.29 is 14.0 Å². The van der Waals surface area contributed by atoms with Gasteiger partial charge in [-0.3, -0.25) is 9.59 Å². The minimum atomic E-state index is -0.371. The highest BCUT2D eigenvalue weighted by Gasteiger charge is 2.43. The topological polar surface area (TPSA) is 40.6 Å². The van der Waals surface area contributed by atoms with E-state index in [1.54, 1.807) is 36.4 Å². The van der Waals surface area contributed by atoms with E-state index in [1.165, 1.54) is 17.0 Å². The molecule has 2 heterocycles. The number of hydrogen-bond donors (Lipinski definition) is 0. The Morgan fingerprint density at radius 1 is 0.963 bits per heavy atom. The molecular weight excluding hydrogens is 343 g/mol. The largest absolute Gasteiger partial charge is 0.366 e. The molecule has 0 radical (unpaired) electrons. The Kier molecular flexibility index (Phi) is 4.52. The van der Waals surface area contributed by atoms with Crippen molar-refractivity contribution in [2.45, 2.75) is 19.8 Å². The normalized spacial score (nSPS) is 20.6. The number of para-hydroxylation sites is 1. The lowest BCUT2D eigenvalue weighted by Gasteiger charge is -2.33. The van der Waals surface area contributed by atoms with Crippen LogP contribution in [0.3, 0.4) is 0 Å². The van der Waals surface area contributed by atoms with Crippen LogP contribution in [-0.4, -0.2) is 29.8 Å². The maximum atomic E-state index is 13.4. The van der Waals surface area contributed by atoms with E-state index in [9.17, 15) is 14.0 Å². The number of benzene rings is 2. The Morgan fingerprint density at radius 3 is 2.33 bits per heavy atom. The summed E-state index contributed by atoms with van der Waals surface area (Å²) in [4.78, 5) is 29.8. The van der Waals surface area contributed by atoms with Gasteiger partial charge >= 0.3 is 0 Å². The van der Waals surface area contributed by atoms with Crippen LogP contribution in [-0.2, 0) is 9.59 Å². The summed E-state index contributed by atoms with van der Waals surface area (Å²) in [7, 11) is 0. The number of halogens is 1. The summed E-state index contributed by atoms with van der Waals surface area (Å²) < 4.78 is 13.4. The SMILES string of the molecule is CC1CCCN(C2=C(c3ccc(F)cc3)C(=O)N(c3ccccc3)C2=O)C1. The van der Waals surface area contributed by atoms with Gasteiger partial charge in [-0.05, 0) is 48.6 Å². The van der Waals surface area contributed by atoms with Gasteiger partial charge in [0, 0.05) is 13.1 Å². The molecular formula is C22H21FN2O2. The summed E-state index contributed by atoms with van der Waals surface area (Å²) >= 11 is 0. The monoisotopic (exact) mass is 364 g/mol. The van der Waals surface area contributed by atoms with Crippen molar-refractivity contribution in [2.24, 2.45) is 5.92 Å². The van der Waals surface area contributed by atoms with Gasteiger partial charge in [0.05, 0.1) is 11.3 Å². The summed E-state index contributed by atoms with van der Waals surface area (Å²) in [6.07, 6.45) is 2.09. The summed E-state index contributed by atoms with van der Waals surface area (Å²) in [6.45, 7) is 3.63. The summed E-state index contributed by atoms with van der Waals surface area (Å²) in [5, 5.41) is 0. The molecule has 0 N–H and O–H groups in total. The van der Waals surface area contributed by atoms with Crippen LogP contribution in [0.1, 0.15) is 25.3 Å². The van der Waals surface area contributed by atoms with Crippen LogP contribution in [0.2, 0.25) is 0 Å². The second-order valence-electron chi connectivity index (χ2n) is 7.21. The molecule has 0 aliphatic carbocycles. The molecule has 1 fully saturated rings. The van der Waals surface area contributed by atoms with Gasteiger partial charge in [0.2, 0.25) is 0 Å². The maximum Gasteiger partial charge on any atom is 0.282 e. The van der Waals surface area contributed by atoms with Crippen molar-refractivity contribution in [1.29, 1.82) is 0 Å². The molecule has 4 nitrogen and oxygen atoms in total. The summed E-state index contributed by atoms with van der Waals surface area (Å²) in [5.74, 6) is -0.579. The molecule has 1 atom stereocenters. The molecule has 4 rings (SSSR count). The molecule has 138 valence electrons. The molecule has 1 saturated heterocycles. The third kappa shape index (κ3) is 3.14. The Morgan fingerprint density at radius 2 is 1.67 bits per heavy atom. The molecule has 2 aliphatic rings. The van der Waals surface area contributed by atoms with Gasteiger partial charge in [-0.15, -0.1) is 0 Å². The number of amides is 2. The molecule has 2 aliphatic heterocycles. The molecule has 2 aromatic carbocycles. The van der Waals surface area contributed by atoms with Gasteiger partial charge < -0.3 is 4.90 Å². The van der Waals surface area contributed by atoms with Crippen LogP contribution >= 0.6 is 0 Å². The first-order valence-corrected chi connectivity index (χ1v) is 9.25. The van der Waals surface area contributed by atoms with E-state index in [1.807, 2.05) is 11.0 Å². The van der Waals surface area contributed by atoms with E-state index in [-0.39, 0.29) is 17.6 Å². The Bertz CT molecular complexity index is 906. The molecule has 2 amide bonds. The van der Waals surface area contributed by atoms with Crippen molar-refractivity contribution in [2.75, 3.05) is 18.0 Å². The van der Waals surface area contributed by atoms with Gasteiger partial charge in [-0.2, -0.15) is 0 Å². The second-order valence-corrected chi connectivity index (χ2v) is 7.21. The molecule has 1 unspecified atom stereocenters. The number of carbonyl (C=O) groups excluding carboxylic acids is 2. The third-order valence-corrected chi connectivity index (χ3v) is 5.18. The number of carbonyl (C=O) groups is 2. The first kappa shape index (κ1) is 17.5. The fraction of sp³-hybridized carbons (Fsp3) is 0.273. The number of imide groups is 1. The number of piperidine rings is 1. The fourth-order valence-corrected chi connectivity index (χ4v) is 3.89. The minimum Gasteiger partial charge on any atom is -0.366 e. The van der Waals surface area contributed by atoms with E-state index >= 15 is 0 Å². The van der Waals surface area contributed by atoms with Crippen LogP contribution in [0.25, 0.3) is 5.57 Å². The zero-order valence-electron chi connectivity index (χ0n) is 15.2. The van der Waals surface area contributed by atoms with E-state index in [0.29, 0.717) is 28.4 Å². The van der Waals surface area contributed by atoms with Crippen LogP contribution in [0.5, 0.6) is 0 Å². The van der Waals surface area contributed by atoms with E-state index in [4.69, 9.17) is 0 Å². The average molecular weight is 364 g/mol. The minimum absolute atomic E-state index is 0.306. The maximum absolute atomic E-state index is 13.4. The zero-order valence-corrected chi connectivity index (χ0v) is 15.2. The number of rotatable bonds is 3. The zero-order chi connectivity index (χ0) is 19.0. The number of likely N-dealkylation sites (tertiary alicyclic amines) is 1. The highest BCUT2D eigenvalue weighted by molar-refractivity contribution is 6.45. The van der Waals surface area contributed by atoms with Crippen molar-refractivity contribution >= 4 is 23.1 Å². The standard InChI is InChI=1S/C22H21FN2O2/c1-15-6-5-13-24(14-15)20-19(16-9-11-17(23)12-10-16)21(26)25(22(20)27)18-7-3-2-4-8-18/h2-4,7-12,15H,5-6,13-14H2,1H3. The highest BCUT2D eigenvalue weighted by Crippen LogP contribution is 2.36. The van der Waals surface area contributed by atoms with Gasteiger partial charge in [-0.25, -0.2) is 9.29 Å². The predicted octanol–water partition coefficient (Wildman–Crippen LogP) is 3.84. The summed E-state index contributed by atoms with van der Waals surface area (Å²) in [6, 6.07) is 14.7. The van der Waals surface area contributed by atoms with Crippen molar-refractivity contribution in [3.8, 4) is 0 Å². The van der Waals surface area contributed by atoms with Gasteiger partial charge in [-0.1, -0.05) is 37.3 Å². The predicted molar refractivity (Wildman–Crippen MR) is 102 cm³/mol. The number of hydrogen-bond acceptors (Lipinski definition) is 3. The molecule has 27 heavy (non-hydrogen) atoms. The number of anilines is 1. The summed E-state index contributed by atoms with van der Waals surface area (Å²) in [5.41, 5.74) is 1.91. The second kappa shape index (κ2) is 6.99. The average Bonchev–Trinajstić information content (AvgIpc) is 2.93. The first-order valence-electron chi connectivity index (χ1n) is 9.25. The van der Waals surface area contributed by atoms with E-state index in [2.05, 4.69) is 6.92 Å². The molecule has 0 saturated carbocycles. The quantitative estimate of drug-likeness (QED) is 0.777. The van der Waals surface area contributed by atoms with Gasteiger partial charge in [0.15, 0.2) is 0 Å².